The summed E-state index contributed by atoms with van der Waals surface area (Å²) in [6.07, 6.45) is 0.0770. The zero-order chi connectivity index (χ0) is 28.1. The molecule has 3 amide bonds. The molecular weight excluding hydrogens is 528 g/mol. The average molecular weight is 559 g/mol. The van der Waals surface area contributed by atoms with Gasteiger partial charge in [-0.15, -0.1) is 0 Å². The highest BCUT2D eigenvalue weighted by Gasteiger charge is 2.41. The number of halogens is 1. The molecular formula is C27H31ClN4O7. The number of cyclic esters (lactones) is 1. The molecule has 39 heavy (non-hydrogen) atoms. The molecule has 11 nitrogen and oxygen atoms in total. The van der Waals surface area contributed by atoms with E-state index < -0.39 is 48.1 Å². The van der Waals surface area contributed by atoms with E-state index in [2.05, 4.69) is 10.6 Å². The van der Waals surface area contributed by atoms with Crippen molar-refractivity contribution in [3.05, 3.63) is 58.6 Å². The van der Waals surface area contributed by atoms with Gasteiger partial charge in [-0.25, -0.2) is 0 Å². The zero-order valence-electron chi connectivity index (χ0n) is 21.6. The molecule has 0 spiro atoms. The summed E-state index contributed by atoms with van der Waals surface area (Å²) in [5.41, 5.74) is 7.06. The fourth-order valence-electron chi connectivity index (χ4n) is 4.64. The van der Waals surface area contributed by atoms with E-state index in [1.807, 2.05) is 30.3 Å². The third-order valence-electron chi connectivity index (χ3n) is 6.67. The Labute approximate surface area is 230 Å². The number of benzene rings is 2. The van der Waals surface area contributed by atoms with Crippen LogP contribution in [0.25, 0.3) is 0 Å². The Hall–Kier alpha value is -3.83. The van der Waals surface area contributed by atoms with Crippen molar-refractivity contribution in [2.45, 2.75) is 57.2 Å². The second-order valence-electron chi connectivity index (χ2n) is 9.43. The highest BCUT2D eigenvalue weighted by atomic mass is 35.5. The Morgan fingerprint density at radius 2 is 1.97 bits per heavy atom. The molecule has 4 rings (SSSR count). The Morgan fingerprint density at radius 3 is 2.69 bits per heavy atom. The van der Waals surface area contributed by atoms with Crippen molar-refractivity contribution in [3.63, 3.8) is 0 Å². The number of carbonyl (C=O) groups excluding carboxylic acids is 4. The lowest BCUT2D eigenvalue weighted by Gasteiger charge is -2.28. The van der Waals surface area contributed by atoms with E-state index in [1.54, 1.807) is 0 Å². The largest absolute Gasteiger partial charge is 0.496 e. The number of nitrogens with zero attached hydrogens (tertiary/aromatic N) is 1. The SMILES string of the molecule is COc1cc(N)c(Cl)cc1C(=O)N[C@@H](C)C(=O)N1CCC[C@H]1C(=O)NC1CC(=O)OC1OCc1ccccc1. The molecule has 2 saturated heterocycles. The van der Waals surface area contributed by atoms with Gasteiger partial charge in [0.2, 0.25) is 18.1 Å². The van der Waals surface area contributed by atoms with Crippen LogP contribution in [-0.4, -0.2) is 66.7 Å². The van der Waals surface area contributed by atoms with E-state index >= 15 is 0 Å². The maximum absolute atomic E-state index is 13.3. The van der Waals surface area contributed by atoms with Crippen molar-refractivity contribution in [1.82, 2.24) is 15.5 Å². The van der Waals surface area contributed by atoms with Crippen molar-refractivity contribution in [2.75, 3.05) is 19.4 Å². The summed E-state index contributed by atoms with van der Waals surface area (Å²) in [6, 6.07) is 9.79. The van der Waals surface area contributed by atoms with E-state index in [0.29, 0.717) is 19.4 Å². The van der Waals surface area contributed by atoms with Gasteiger partial charge in [0.1, 0.15) is 23.9 Å². The minimum absolute atomic E-state index is 0.0374. The quantitative estimate of drug-likeness (QED) is 0.312. The molecule has 0 saturated carbocycles. The standard InChI is InChI=1S/C27H31ClN4O7/c1-15(30-24(34)17-11-18(28)19(29)12-22(17)37-2)26(36)32-10-6-9-21(32)25(35)31-20-13-23(33)39-27(20)38-14-16-7-4-3-5-8-16/h3-5,7-8,11-12,15,20-21,27H,6,9-10,13-14,29H2,1-2H3,(H,30,34)(H,31,35)/t15-,20?,21-,27?/m0/s1. The van der Waals surface area contributed by atoms with Crippen molar-refractivity contribution in [3.8, 4) is 5.75 Å². The first-order valence-electron chi connectivity index (χ1n) is 12.6. The molecule has 2 aliphatic rings. The topological polar surface area (TPSA) is 149 Å². The van der Waals surface area contributed by atoms with Crippen molar-refractivity contribution in [2.24, 2.45) is 0 Å². The van der Waals surface area contributed by atoms with Crippen LogP contribution in [0.1, 0.15) is 42.1 Å². The number of hydrogen-bond acceptors (Lipinski definition) is 8. The molecule has 2 heterocycles. The summed E-state index contributed by atoms with van der Waals surface area (Å²) in [6.45, 7) is 2.10. The van der Waals surface area contributed by atoms with E-state index in [9.17, 15) is 19.2 Å². The summed E-state index contributed by atoms with van der Waals surface area (Å²) >= 11 is 6.06. The lowest BCUT2D eigenvalue weighted by atomic mass is 10.1. The highest BCUT2D eigenvalue weighted by molar-refractivity contribution is 6.33. The van der Waals surface area contributed by atoms with Gasteiger partial charge in [0.15, 0.2) is 0 Å². The van der Waals surface area contributed by atoms with Crippen LogP contribution in [0, 0.1) is 0 Å². The first-order valence-corrected chi connectivity index (χ1v) is 13.0. The number of ether oxygens (including phenoxy) is 3. The summed E-state index contributed by atoms with van der Waals surface area (Å²) < 4.78 is 16.2. The number of nitrogen functional groups attached to an aromatic ring is 1. The number of amides is 3. The second kappa shape index (κ2) is 12.4. The molecule has 2 unspecified atom stereocenters. The van der Waals surface area contributed by atoms with Gasteiger partial charge in [-0.3, -0.25) is 19.2 Å². The van der Waals surface area contributed by atoms with Crippen molar-refractivity contribution >= 4 is 41.0 Å². The van der Waals surface area contributed by atoms with Crippen LogP contribution < -0.4 is 21.1 Å². The predicted octanol–water partition coefficient (Wildman–Crippen LogP) is 2.01. The number of hydrogen-bond donors (Lipinski definition) is 3. The zero-order valence-corrected chi connectivity index (χ0v) is 22.4. The smallest absolute Gasteiger partial charge is 0.310 e. The van der Waals surface area contributed by atoms with Crippen LogP contribution in [0.3, 0.4) is 0 Å². The number of methoxy groups -OCH3 is 1. The fraction of sp³-hybridized carbons (Fsp3) is 0.407. The molecule has 12 heteroatoms. The number of anilines is 1. The average Bonchev–Trinajstić information content (AvgIpc) is 3.55. The van der Waals surface area contributed by atoms with Gasteiger partial charge < -0.3 is 35.5 Å². The van der Waals surface area contributed by atoms with Crippen LogP contribution in [-0.2, 0) is 30.5 Å². The summed E-state index contributed by atoms with van der Waals surface area (Å²) in [4.78, 5) is 52.8. The Balaban J connectivity index is 1.37. The van der Waals surface area contributed by atoms with Gasteiger partial charge in [0, 0.05) is 12.6 Å². The molecule has 2 aromatic rings. The molecule has 0 radical (unpaired) electrons. The number of nitrogens with two attached hydrogens (primary N) is 1. The monoisotopic (exact) mass is 558 g/mol. The third-order valence-corrected chi connectivity index (χ3v) is 6.99. The predicted molar refractivity (Wildman–Crippen MR) is 142 cm³/mol. The van der Waals surface area contributed by atoms with Crippen molar-refractivity contribution < 1.29 is 33.4 Å². The van der Waals surface area contributed by atoms with Gasteiger partial charge in [-0.1, -0.05) is 41.9 Å². The number of nitrogens with one attached hydrogen (secondary N) is 2. The third kappa shape index (κ3) is 6.61. The van der Waals surface area contributed by atoms with Gasteiger partial charge in [-0.05, 0) is 31.4 Å². The first-order chi connectivity index (χ1) is 18.7. The normalized spacial score (nSPS) is 21.3. The summed E-state index contributed by atoms with van der Waals surface area (Å²) in [7, 11) is 1.39. The number of carbonyl (C=O) groups is 4. The van der Waals surface area contributed by atoms with E-state index in [1.165, 1.54) is 31.1 Å². The molecule has 2 aliphatic heterocycles. The van der Waals surface area contributed by atoms with Gasteiger partial charge >= 0.3 is 5.97 Å². The molecule has 0 bridgehead atoms. The van der Waals surface area contributed by atoms with Gasteiger partial charge in [0.05, 0.1) is 36.4 Å². The van der Waals surface area contributed by atoms with Crippen LogP contribution in [0.2, 0.25) is 5.02 Å². The van der Waals surface area contributed by atoms with Crippen LogP contribution in [0.4, 0.5) is 5.69 Å². The molecule has 0 aliphatic carbocycles. The van der Waals surface area contributed by atoms with E-state index in [4.69, 9.17) is 31.5 Å². The lowest BCUT2D eigenvalue weighted by molar-refractivity contribution is -0.168. The Morgan fingerprint density at radius 1 is 1.23 bits per heavy atom. The van der Waals surface area contributed by atoms with Gasteiger partial charge in [0.25, 0.3) is 5.91 Å². The van der Waals surface area contributed by atoms with E-state index in [0.717, 1.165) is 5.56 Å². The maximum atomic E-state index is 13.3. The number of likely N-dealkylation sites (tertiary alicyclic amines) is 1. The molecule has 0 aromatic heterocycles. The number of rotatable bonds is 9. The van der Waals surface area contributed by atoms with Crippen molar-refractivity contribution in [1.29, 1.82) is 0 Å². The Kier molecular flexibility index (Phi) is 8.93. The van der Waals surface area contributed by atoms with Crippen LogP contribution >= 0.6 is 11.6 Å². The minimum Gasteiger partial charge on any atom is -0.496 e. The maximum Gasteiger partial charge on any atom is 0.310 e. The minimum atomic E-state index is -0.940. The second-order valence-corrected chi connectivity index (χ2v) is 9.84. The number of esters is 1. The Bertz CT molecular complexity index is 1240. The molecule has 208 valence electrons. The van der Waals surface area contributed by atoms with Crippen LogP contribution in [0.5, 0.6) is 5.75 Å². The van der Waals surface area contributed by atoms with Crippen LogP contribution in [0.15, 0.2) is 42.5 Å². The summed E-state index contributed by atoms with van der Waals surface area (Å²) in [5, 5.41) is 5.64. The van der Waals surface area contributed by atoms with Gasteiger partial charge in [-0.2, -0.15) is 0 Å². The highest BCUT2D eigenvalue weighted by Crippen LogP contribution is 2.29. The summed E-state index contributed by atoms with van der Waals surface area (Å²) in [5.74, 6) is -1.67. The molecule has 2 fully saturated rings. The molecule has 2 aromatic carbocycles. The first kappa shape index (κ1) is 28.2. The van der Waals surface area contributed by atoms with E-state index in [-0.39, 0.29) is 35.1 Å². The molecule has 4 N–H and O–H groups in total. The lowest BCUT2D eigenvalue weighted by Crippen LogP contribution is -2.54. The fourth-order valence-corrected chi connectivity index (χ4v) is 4.80. The molecule has 4 atom stereocenters.